The molecule has 1 amide bonds. The van der Waals surface area contributed by atoms with Crippen molar-refractivity contribution < 1.29 is 9.53 Å². The van der Waals surface area contributed by atoms with Gasteiger partial charge in [0, 0.05) is 24.0 Å². The zero-order valence-corrected chi connectivity index (χ0v) is 14.0. The maximum atomic E-state index is 12.3. The zero-order valence-electron chi connectivity index (χ0n) is 13.2. The Labute approximate surface area is 130 Å². The lowest BCUT2D eigenvalue weighted by molar-refractivity contribution is 0.0277. The lowest BCUT2D eigenvalue weighted by Gasteiger charge is -2.38. The van der Waals surface area contributed by atoms with Crippen LogP contribution in [0.2, 0.25) is 0 Å². The molecule has 1 N–H and O–H groups in total. The van der Waals surface area contributed by atoms with Crippen LogP contribution in [0.25, 0.3) is 0 Å². The maximum Gasteiger partial charge on any atom is 0.410 e. The number of ether oxygens (including phenoxy) is 1. The van der Waals surface area contributed by atoms with Crippen molar-refractivity contribution in [1.82, 2.24) is 10.2 Å². The molecule has 1 fully saturated rings. The summed E-state index contributed by atoms with van der Waals surface area (Å²) in [7, 11) is 0. The summed E-state index contributed by atoms with van der Waals surface area (Å²) in [4.78, 5) is 15.6. The van der Waals surface area contributed by atoms with Crippen LogP contribution in [0.1, 0.15) is 44.6 Å². The van der Waals surface area contributed by atoms with E-state index < -0.39 is 5.60 Å². The average Bonchev–Trinajstić information content (AvgIpc) is 2.94. The molecule has 1 aromatic rings. The van der Waals surface area contributed by atoms with Crippen LogP contribution in [0.3, 0.4) is 0 Å². The third-order valence-corrected chi connectivity index (χ3v) is 5.31. The van der Waals surface area contributed by atoms with Crippen molar-refractivity contribution >= 4 is 17.4 Å². The lowest BCUT2D eigenvalue weighted by atomic mass is 9.86. The minimum atomic E-state index is -0.436. The number of carbonyl (C=O) groups is 1. The Hall–Kier alpha value is -1.07. The molecule has 3 heterocycles. The number of nitrogens with one attached hydrogen (secondary N) is 1. The van der Waals surface area contributed by atoms with Gasteiger partial charge in [0.15, 0.2) is 0 Å². The van der Waals surface area contributed by atoms with E-state index in [1.54, 1.807) is 0 Å². The summed E-state index contributed by atoms with van der Waals surface area (Å²) in [5.74, 6) is 0. The molecule has 5 heteroatoms. The SMILES string of the molecule is CC1Cc2ccsc2C2(CCN(C(=O)OC(C)(C)C)C2)N1. The Bertz CT molecular complexity index is 549. The van der Waals surface area contributed by atoms with Crippen LogP contribution < -0.4 is 5.32 Å². The maximum absolute atomic E-state index is 12.3. The van der Waals surface area contributed by atoms with Gasteiger partial charge in [-0.05, 0) is 57.5 Å². The van der Waals surface area contributed by atoms with Crippen LogP contribution in [0.5, 0.6) is 0 Å². The normalized spacial score (nSPS) is 28.8. The molecule has 0 aromatic carbocycles. The molecule has 2 aliphatic rings. The number of amides is 1. The molecule has 21 heavy (non-hydrogen) atoms. The van der Waals surface area contributed by atoms with Crippen molar-refractivity contribution in [3.05, 3.63) is 21.9 Å². The van der Waals surface area contributed by atoms with E-state index in [4.69, 9.17) is 4.74 Å². The van der Waals surface area contributed by atoms with E-state index in [-0.39, 0.29) is 11.6 Å². The van der Waals surface area contributed by atoms with Gasteiger partial charge >= 0.3 is 6.09 Å². The summed E-state index contributed by atoms with van der Waals surface area (Å²) in [6.45, 7) is 9.42. The molecule has 116 valence electrons. The van der Waals surface area contributed by atoms with Crippen molar-refractivity contribution in [2.75, 3.05) is 13.1 Å². The number of rotatable bonds is 0. The molecule has 0 aliphatic carbocycles. The van der Waals surface area contributed by atoms with Gasteiger partial charge in [-0.25, -0.2) is 4.79 Å². The standard InChI is InChI=1S/C16H24N2O2S/c1-11-9-12-5-8-21-13(12)16(17-11)6-7-18(10-16)14(19)20-15(2,3)4/h5,8,11,17H,6-7,9-10H2,1-4H3. The smallest absolute Gasteiger partial charge is 0.410 e. The second-order valence-electron chi connectivity index (χ2n) is 7.26. The van der Waals surface area contributed by atoms with Gasteiger partial charge in [-0.1, -0.05) is 0 Å². The van der Waals surface area contributed by atoms with Crippen molar-refractivity contribution in [2.24, 2.45) is 0 Å². The molecule has 0 bridgehead atoms. The van der Waals surface area contributed by atoms with Crippen LogP contribution in [0.4, 0.5) is 4.79 Å². The molecular weight excluding hydrogens is 284 g/mol. The average molecular weight is 308 g/mol. The fourth-order valence-corrected chi connectivity index (χ4v) is 4.55. The van der Waals surface area contributed by atoms with E-state index in [0.29, 0.717) is 12.6 Å². The molecule has 1 spiro atoms. The van der Waals surface area contributed by atoms with Gasteiger partial charge in [0.2, 0.25) is 0 Å². The third-order valence-electron chi connectivity index (χ3n) is 4.15. The Kier molecular flexibility index (Phi) is 3.53. The number of thiophene rings is 1. The van der Waals surface area contributed by atoms with Crippen molar-refractivity contribution in [3.63, 3.8) is 0 Å². The molecule has 2 unspecified atom stereocenters. The minimum Gasteiger partial charge on any atom is -0.444 e. The van der Waals surface area contributed by atoms with E-state index in [9.17, 15) is 4.79 Å². The third kappa shape index (κ3) is 2.81. The molecule has 4 nitrogen and oxygen atoms in total. The predicted molar refractivity (Wildman–Crippen MR) is 84.7 cm³/mol. The molecule has 1 saturated heterocycles. The summed E-state index contributed by atoms with van der Waals surface area (Å²) in [6, 6.07) is 2.68. The first-order valence-electron chi connectivity index (χ1n) is 7.62. The quantitative estimate of drug-likeness (QED) is 0.800. The highest BCUT2D eigenvalue weighted by Gasteiger charge is 2.46. The molecule has 2 aliphatic heterocycles. The highest BCUT2D eigenvalue weighted by atomic mass is 32.1. The predicted octanol–water partition coefficient (Wildman–Crippen LogP) is 3.12. The van der Waals surface area contributed by atoms with Crippen LogP contribution in [-0.2, 0) is 16.7 Å². The van der Waals surface area contributed by atoms with E-state index in [0.717, 1.165) is 19.4 Å². The molecule has 0 radical (unpaired) electrons. The Morgan fingerprint density at radius 3 is 3.00 bits per heavy atom. The molecule has 3 rings (SSSR count). The zero-order chi connectivity index (χ0) is 15.3. The first-order chi connectivity index (χ1) is 9.79. The van der Waals surface area contributed by atoms with Crippen LogP contribution in [0, 0.1) is 0 Å². The van der Waals surface area contributed by atoms with Crippen molar-refractivity contribution in [2.45, 2.75) is 57.7 Å². The van der Waals surface area contributed by atoms with E-state index in [1.165, 1.54) is 10.4 Å². The minimum absolute atomic E-state index is 0.0714. The number of hydrogen-bond acceptors (Lipinski definition) is 4. The summed E-state index contributed by atoms with van der Waals surface area (Å²) in [5.41, 5.74) is 0.934. The molecular formula is C16H24N2O2S. The van der Waals surface area contributed by atoms with Gasteiger partial charge in [-0.15, -0.1) is 11.3 Å². The number of nitrogens with zero attached hydrogens (tertiary/aromatic N) is 1. The van der Waals surface area contributed by atoms with E-state index in [2.05, 4.69) is 23.7 Å². The Balaban J connectivity index is 1.79. The van der Waals surface area contributed by atoms with Crippen molar-refractivity contribution in [3.8, 4) is 0 Å². The first kappa shape index (κ1) is 14.9. The van der Waals surface area contributed by atoms with Gasteiger partial charge in [-0.3, -0.25) is 0 Å². The van der Waals surface area contributed by atoms with Crippen molar-refractivity contribution in [1.29, 1.82) is 0 Å². The molecule has 0 saturated carbocycles. The van der Waals surface area contributed by atoms with Crippen LogP contribution in [-0.4, -0.2) is 35.7 Å². The first-order valence-corrected chi connectivity index (χ1v) is 8.49. The van der Waals surface area contributed by atoms with Crippen LogP contribution in [0.15, 0.2) is 11.4 Å². The molecule has 1 aromatic heterocycles. The van der Waals surface area contributed by atoms with E-state index in [1.807, 2.05) is 37.0 Å². The summed E-state index contributed by atoms with van der Waals surface area (Å²) in [5, 5.41) is 5.91. The summed E-state index contributed by atoms with van der Waals surface area (Å²) < 4.78 is 5.51. The lowest BCUT2D eigenvalue weighted by Crippen LogP contribution is -2.53. The van der Waals surface area contributed by atoms with E-state index >= 15 is 0 Å². The Morgan fingerprint density at radius 1 is 1.52 bits per heavy atom. The fourth-order valence-electron chi connectivity index (χ4n) is 3.43. The van der Waals surface area contributed by atoms with Crippen LogP contribution >= 0.6 is 11.3 Å². The van der Waals surface area contributed by atoms with Gasteiger partial charge < -0.3 is 15.0 Å². The number of carbonyl (C=O) groups excluding carboxylic acids is 1. The number of likely N-dealkylation sites (tertiary alicyclic amines) is 1. The van der Waals surface area contributed by atoms with Gasteiger partial charge in [0.1, 0.15) is 5.60 Å². The summed E-state index contributed by atoms with van der Waals surface area (Å²) >= 11 is 1.81. The second-order valence-corrected chi connectivity index (χ2v) is 8.17. The topological polar surface area (TPSA) is 41.6 Å². The number of fused-ring (bicyclic) bond motifs is 2. The highest BCUT2D eigenvalue weighted by molar-refractivity contribution is 7.10. The summed E-state index contributed by atoms with van der Waals surface area (Å²) in [6.07, 6.45) is 1.84. The van der Waals surface area contributed by atoms with Gasteiger partial charge in [0.05, 0.1) is 5.54 Å². The van der Waals surface area contributed by atoms with Gasteiger partial charge in [-0.2, -0.15) is 0 Å². The second kappa shape index (κ2) is 4.99. The fraction of sp³-hybridized carbons (Fsp3) is 0.688. The molecule has 2 atom stereocenters. The largest absolute Gasteiger partial charge is 0.444 e. The Morgan fingerprint density at radius 2 is 2.29 bits per heavy atom. The highest BCUT2D eigenvalue weighted by Crippen LogP contribution is 2.41. The van der Waals surface area contributed by atoms with Gasteiger partial charge in [0.25, 0.3) is 0 Å². The monoisotopic (exact) mass is 308 g/mol. The number of hydrogen-bond donors (Lipinski definition) is 1.